The van der Waals surface area contributed by atoms with Crippen molar-refractivity contribution in [3.05, 3.63) is 52.6 Å². The number of aromatic hydroxyl groups is 1. The number of benzene rings is 1. The molecule has 0 radical (unpaired) electrons. The van der Waals surface area contributed by atoms with Crippen LogP contribution in [0.2, 0.25) is 5.02 Å². The van der Waals surface area contributed by atoms with Crippen LogP contribution in [0.15, 0.2) is 30.6 Å². The molecule has 1 aliphatic rings. The van der Waals surface area contributed by atoms with Gasteiger partial charge in [-0.05, 0) is 75.4 Å². The van der Waals surface area contributed by atoms with E-state index < -0.39 is 0 Å². The molecule has 0 saturated heterocycles. The molecule has 2 N–H and O–H groups in total. The molecule has 2 aromatic rings. The van der Waals surface area contributed by atoms with Crippen LogP contribution in [0.4, 0.5) is 0 Å². The Hall–Kier alpha value is -2.18. The molecule has 0 aliphatic heterocycles. The van der Waals surface area contributed by atoms with E-state index in [4.69, 9.17) is 11.6 Å². The Morgan fingerprint density at radius 2 is 2.00 bits per heavy atom. The van der Waals surface area contributed by atoms with E-state index in [0.29, 0.717) is 23.9 Å². The highest BCUT2D eigenvalue weighted by atomic mass is 35.5. The lowest BCUT2D eigenvalue weighted by Crippen LogP contribution is -2.42. The quantitative estimate of drug-likeness (QED) is 0.655. The fourth-order valence-electron chi connectivity index (χ4n) is 3.54. The van der Waals surface area contributed by atoms with Gasteiger partial charge < -0.3 is 15.3 Å². The molecule has 1 heterocycles. The van der Waals surface area contributed by atoms with Crippen LogP contribution in [-0.2, 0) is 11.2 Å². The third-order valence-electron chi connectivity index (χ3n) is 5.57. The summed E-state index contributed by atoms with van der Waals surface area (Å²) in [5.74, 6) is 1.62. The standard InChI is InChI=1S/C22H29ClN4O2/c1-14-24-11-17(12-25-14)19(16-5-6-16)10-22(29)26-13-18(27(2)3)8-15-4-7-21(28)20(23)9-15/h4,7,9,11-12,16,18-19,28H,5-6,8,10,13H2,1-3H3,(H,26,29)/t18-,19?/m0/s1. The second-order valence-electron chi connectivity index (χ2n) is 8.12. The maximum absolute atomic E-state index is 12.7. The topological polar surface area (TPSA) is 78.3 Å². The van der Waals surface area contributed by atoms with E-state index in [-0.39, 0.29) is 23.6 Å². The Balaban J connectivity index is 1.57. The molecule has 1 fully saturated rings. The van der Waals surface area contributed by atoms with Crippen LogP contribution in [0.3, 0.4) is 0 Å². The minimum Gasteiger partial charge on any atom is -0.506 e. The van der Waals surface area contributed by atoms with E-state index in [0.717, 1.165) is 36.2 Å². The number of rotatable bonds is 9. The summed E-state index contributed by atoms with van der Waals surface area (Å²) in [6, 6.07) is 5.37. The van der Waals surface area contributed by atoms with Crippen molar-refractivity contribution in [2.75, 3.05) is 20.6 Å². The number of carbonyl (C=O) groups is 1. The monoisotopic (exact) mass is 416 g/mol. The Bertz CT molecular complexity index is 837. The zero-order chi connectivity index (χ0) is 21.0. The molecular formula is C22H29ClN4O2. The van der Waals surface area contributed by atoms with Crippen LogP contribution in [0, 0.1) is 12.8 Å². The summed E-state index contributed by atoms with van der Waals surface area (Å²) in [4.78, 5) is 23.4. The predicted octanol–water partition coefficient (Wildman–Crippen LogP) is 3.32. The van der Waals surface area contributed by atoms with E-state index in [9.17, 15) is 9.90 Å². The van der Waals surface area contributed by atoms with Crippen LogP contribution < -0.4 is 5.32 Å². The third kappa shape index (κ3) is 6.15. The van der Waals surface area contributed by atoms with Gasteiger partial charge in [0.15, 0.2) is 0 Å². The first-order valence-electron chi connectivity index (χ1n) is 10.0. The lowest BCUT2D eigenvalue weighted by atomic mass is 9.92. The van der Waals surface area contributed by atoms with E-state index in [1.807, 2.05) is 39.5 Å². The van der Waals surface area contributed by atoms with Crippen LogP contribution in [-0.4, -0.2) is 52.6 Å². The number of likely N-dealkylation sites (N-methyl/N-ethyl adjacent to an activating group) is 1. The van der Waals surface area contributed by atoms with E-state index in [1.165, 1.54) is 0 Å². The van der Waals surface area contributed by atoms with Crippen molar-refractivity contribution in [1.82, 2.24) is 20.2 Å². The number of nitrogens with one attached hydrogen (secondary N) is 1. The Morgan fingerprint density at radius 1 is 1.31 bits per heavy atom. The Morgan fingerprint density at radius 3 is 2.59 bits per heavy atom. The molecule has 2 atom stereocenters. The van der Waals surface area contributed by atoms with Gasteiger partial charge in [0.1, 0.15) is 11.6 Å². The third-order valence-corrected chi connectivity index (χ3v) is 5.88. The van der Waals surface area contributed by atoms with Crippen molar-refractivity contribution in [2.45, 2.75) is 44.6 Å². The van der Waals surface area contributed by atoms with Gasteiger partial charge >= 0.3 is 0 Å². The highest BCUT2D eigenvalue weighted by Gasteiger charge is 2.34. The Kier molecular flexibility index (Phi) is 7.09. The van der Waals surface area contributed by atoms with Gasteiger partial charge in [-0.3, -0.25) is 4.79 Å². The van der Waals surface area contributed by atoms with E-state index >= 15 is 0 Å². The average Bonchev–Trinajstić information content (AvgIpc) is 3.51. The minimum atomic E-state index is 0.0538. The molecule has 3 rings (SSSR count). The number of halogens is 1. The smallest absolute Gasteiger partial charge is 0.220 e. The van der Waals surface area contributed by atoms with Gasteiger partial charge in [-0.15, -0.1) is 0 Å². The van der Waals surface area contributed by atoms with E-state index in [2.05, 4.69) is 20.2 Å². The molecule has 1 aromatic carbocycles. The van der Waals surface area contributed by atoms with Gasteiger partial charge in [0, 0.05) is 31.4 Å². The van der Waals surface area contributed by atoms with Gasteiger partial charge in [0.05, 0.1) is 5.02 Å². The number of phenolic OH excluding ortho intramolecular Hbond substituents is 1. The van der Waals surface area contributed by atoms with Crippen molar-refractivity contribution in [3.63, 3.8) is 0 Å². The lowest BCUT2D eigenvalue weighted by Gasteiger charge is -2.25. The second kappa shape index (κ2) is 9.55. The molecule has 0 spiro atoms. The molecule has 1 aliphatic carbocycles. The number of aromatic nitrogens is 2. The summed E-state index contributed by atoms with van der Waals surface area (Å²) in [6.07, 6.45) is 7.22. The minimum absolute atomic E-state index is 0.0538. The number of phenols is 1. The van der Waals surface area contributed by atoms with Crippen molar-refractivity contribution in [1.29, 1.82) is 0 Å². The molecule has 1 amide bonds. The maximum Gasteiger partial charge on any atom is 0.220 e. The molecule has 1 unspecified atom stereocenters. The summed E-state index contributed by atoms with van der Waals surface area (Å²) in [6.45, 7) is 2.41. The van der Waals surface area contributed by atoms with Crippen LogP contribution in [0.25, 0.3) is 0 Å². The van der Waals surface area contributed by atoms with Crippen LogP contribution in [0.5, 0.6) is 5.75 Å². The zero-order valence-electron chi connectivity index (χ0n) is 17.2. The second-order valence-corrected chi connectivity index (χ2v) is 8.53. The summed E-state index contributed by atoms with van der Waals surface area (Å²) < 4.78 is 0. The Labute approximate surface area is 177 Å². The van der Waals surface area contributed by atoms with Crippen molar-refractivity contribution < 1.29 is 9.90 Å². The summed E-state index contributed by atoms with van der Waals surface area (Å²) >= 11 is 6.02. The molecule has 29 heavy (non-hydrogen) atoms. The molecule has 1 aromatic heterocycles. The van der Waals surface area contributed by atoms with Gasteiger partial charge in [-0.25, -0.2) is 9.97 Å². The van der Waals surface area contributed by atoms with Crippen LogP contribution in [0.1, 0.15) is 42.1 Å². The lowest BCUT2D eigenvalue weighted by molar-refractivity contribution is -0.121. The molecule has 7 heteroatoms. The maximum atomic E-state index is 12.7. The number of aryl methyl sites for hydroxylation is 1. The largest absolute Gasteiger partial charge is 0.506 e. The fraction of sp³-hybridized carbons (Fsp3) is 0.500. The normalized spacial score (nSPS) is 15.9. The predicted molar refractivity (Wildman–Crippen MR) is 114 cm³/mol. The number of amides is 1. The number of nitrogens with zero attached hydrogens (tertiary/aromatic N) is 3. The SMILES string of the molecule is Cc1ncc(C(CC(=O)NC[C@H](Cc2ccc(O)c(Cl)c2)N(C)C)C2CC2)cn1. The summed E-state index contributed by atoms with van der Waals surface area (Å²) in [5.41, 5.74) is 2.07. The van der Waals surface area contributed by atoms with Crippen molar-refractivity contribution in [3.8, 4) is 5.75 Å². The fourth-order valence-corrected chi connectivity index (χ4v) is 3.74. The number of hydrogen-bond donors (Lipinski definition) is 2. The first kappa shape index (κ1) is 21.5. The van der Waals surface area contributed by atoms with Gasteiger partial charge in [0.25, 0.3) is 0 Å². The van der Waals surface area contributed by atoms with Crippen LogP contribution >= 0.6 is 11.6 Å². The van der Waals surface area contributed by atoms with E-state index in [1.54, 1.807) is 12.1 Å². The number of hydrogen-bond acceptors (Lipinski definition) is 5. The molecular weight excluding hydrogens is 388 g/mol. The van der Waals surface area contributed by atoms with Crippen molar-refractivity contribution >= 4 is 17.5 Å². The average molecular weight is 417 g/mol. The highest BCUT2D eigenvalue weighted by Crippen LogP contribution is 2.44. The van der Waals surface area contributed by atoms with Gasteiger partial charge in [-0.2, -0.15) is 0 Å². The van der Waals surface area contributed by atoms with Crippen molar-refractivity contribution in [2.24, 2.45) is 5.92 Å². The first-order chi connectivity index (χ1) is 13.8. The summed E-state index contributed by atoms with van der Waals surface area (Å²) in [5, 5.41) is 13.0. The molecule has 6 nitrogen and oxygen atoms in total. The van der Waals surface area contributed by atoms with Gasteiger partial charge in [-0.1, -0.05) is 17.7 Å². The molecule has 156 valence electrons. The zero-order valence-corrected chi connectivity index (χ0v) is 18.0. The highest BCUT2D eigenvalue weighted by molar-refractivity contribution is 6.32. The first-order valence-corrected chi connectivity index (χ1v) is 10.4. The molecule has 1 saturated carbocycles. The number of carbonyl (C=O) groups excluding carboxylic acids is 1. The van der Waals surface area contributed by atoms with Gasteiger partial charge in [0.2, 0.25) is 5.91 Å². The molecule has 0 bridgehead atoms. The summed E-state index contributed by atoms with van der Waals surface area (Å²) in [7, 11) is 3.99.